The molecule has 2 N–H and O–H groups in total. The van der Waals surface area contributed by atoms with Crippen LogP contribution >= 0.6 is 0 Å². The molecular formula is C15H17N3O4. The van der Waals surface area contributed by atoms with Crippen LogP contribution in [0.4, 0.5) is 5.69 Å². The Morgan fingerprint density at radius 3 is 2.73 bits per heavy atom. The molecule has 2 rings (SSSR count). The van der Waals surface area contributed by atoms with Gasteiger partial charge in [0.1, 0.15) is 12.1 Å². The molecule has 0 bridgehead atoms. The number of para-hydroxylation sites is 1. The molecule has 0 atom stereocenters. The van der Waals surface area contributed by atoms with Crippen molar-refractivity contribution < 1.29 is 19.1 Å². The van der Waals surface area contributed by atoms with Gasteiger partial charge in [-0.3, -0.25) is 14.4 Å². The molecule has 22 heavy (non-hydrogen) atoms. The Kier molecular flexibility index (Phi) is 5.13. The molecule has 0 spiro atoms. The fourth-order valence-corrected chi connectivity index (χ4v) is 1.97. The average molecular weight is 303 g/mol. The number of hydrogen-bond donors (Lipinski definition) is 2. The number of Topliss-reactive ketones (excluding diaryl/α,β-unsaturated/α-hetero) is 1. The summed E-state index contributed by atoms with van der Waals surface area (Å²) in [6.07, 6.45) is 1.31. The highest BCUT2D eigenvalue weighted by Crippen LogP contribution is 2.13. The molecule has 7 heteroatoms. The van der Waals surface area contributed by atoms with E-state index in [4.69, 9.17) is 4.74 Å². The second kappa shape index (κ2) is 7.26. The molecule has 0 radical (unpaired) electrons. The molecule has 0 saturated carbocycles. The van der Waals surface area contributed by atoms with Gasteiger partial charge in [-0.2, -0.15) is 0 Å². The molecule has 7 nitrogen and oxygen atoms in total. The fraction of sp³-hybridized carbons (Fsp3) is 0.267. The number of esters is 1. The number of nitrogens with one attached hydrogen (secondary N) is 2. The van der Waals surface area contributed by atoms with E-state index < -0.39 is 11.9 Å². The second-order valence-electron chi connectivity index (χ2n) is 4.58. The molecule has 1 aliphatic rings. The van der Waals surface area contributed by atoms with Gasteiger partial charge in [0.2, 0.25) is 0 Å². The van der Waals surface area contributed by atoms with Crippen molar-refractivity contribution in [2.75, 3.05) is 25.1 Å². The lowest BCUT2D eigenvalue weighted by Gasteiger charge is -2.12. The maximum Gasteiger partial charge on any atom is 0.325 e. The Bertz CT molecular complexity index is 598. The maximum atomic E-state index is 12.1. The lowest BCUT2D eigenvalue weighted by Crippen LogP contribution is -2.32. The lowest BCUT2D eigenvalue weighted by atomic mass is 10.2. The molecule has 0 aromatic heterocycles. The van der Waals surface area contributed by atoms with E-state index >= 15 is 0 Å². The third-order valence-corrected chi connectivity index (χ3v) is 2.98. The molecular weight excluding hydrogens is 286 g/mol. The SMILES string of the molecule is CCOC(=O)CN1CC(=O)C(=CNNc2ccccc2)C1=O. The zero-order valence-corrected chi connectivity index (χ0v) is 12.2. The van der Waals surface area contributed by atoms with Crippen molar-refractivity contribution in [2.24, 2.45) is 0 Å². The van der Waals surface area contributed by atoms with Crippen LogP contribution in [-0.4, -0.2) is 42.3 Å². The predicted octanol–water partition coefficient (Wildman–Crippen LogP) is 0.461. The quantitative estimate of drug-likeness (QED) is 0.344. The normalized spacial score (nSPS) is 16.0. The third kappa shape index (κ3) is 3.85. The van der Waals surface area contributed by atoms with Crippen molar-refractivity contribution in [1.82, 2.24) is 10.3 Å². The molecule has 1 heterocycles. The van der Waals surface area contributed by atoms with Crippen LogP contribution in [-0.2, 0) is 19.1 Å². The first-order chi connectivity index (χ1) is 10.6. The van der Waals surface area contributed by atoms with E-state index in [0.29, 0.717) is 0 Å². The fourth-order valence-electron chi connectivity index (χ4n) is 1.97. The minimum atomic E-state index is -0.528. The van der Waals surface area contributed by atoms with Crippen LogP contribution < -0.4 is 10.9 Å². The number of anilines is 1. The Labute approximate surface area is 127 Å². The topological polar surface area (TPSA) is 87.7 Å². The summed E-state index contributed by atoms with van der Waals surface area (Å²) in [6.45, 7) is 1.58. The first-order valence-electron chi connectivity index (χ1n) is 6.86. The molecule has 1 saturated heterocycles. The summed E-state index contributed by atoms with van der Waals surface area (Å²) in [4.78, 5) is 36.4. The van der Waals surface area contributed by atoms with Gasteiger partial charge in [-0.25, -0.2) is 0 Å². The van der Waals surface area contributed by atoms with E-state index in [1.807, 2.05) is 30.3 Å². The van der Waals surface area contributed by atoms with Gasteiger partial charge in [-0.15, -0.1) is 0 Å². The summed E-state index contributed by atoms with van der Waals surface area (Å²) < 4.78 is 4.77. The van der Waals surface area contributed by atoms with Gasteiger partial charge in [0.25, 0.3) is 5.91 Å². The van der Waals surface area contributed by atoms with E-state index in [-0.39, 0.29) is 31.1 Å². The molecule has 0 aliphatic carbocycles. The number of benzene rings is 1. The zero-order valence-electron chi connectivity index (χ0n) is 12.2. The number of rotatable bonds is 6. The number of ketones is 1. The summed E-state index contributed by atoms with van der Waals surface area (Å²) in [5.74, 6) is -1.35. The Morgan fingerprint density at radius 2 is 2.05 bits per heavy atom. The Hall–Kier alpha value is -2.83. The van der Waals surface area contributed by atoms with Crippen LogP contribution in [0.2, 0.25) is 0 Å². The molecule has 1 amide bonds. The molecule has 0 unspecified atom stereocenters. The molecule has 1 aromatic rings. The van der Waals surface area contributed by atoms with Crippen molar-refractivity contribution >= 4 is 23.3 Å². The van der Waals surface area contributed by atoms with Crippen molar-refractivity contribution in [3.05, 3.63) is 42.1 Å². The van der Waals surface area contributed by atoms with Gasteiger partial charge in [-0.1, -0.05) is 18.2 Å². The summed E-state index contributed by atoms with van der Waals surface area (Å²) in [6, 6.07) is 9.24. The van der Waals surface area contributed by atoms with Crippen LogP contribution in [0.3, 0.4) is 0 Å². The molecule has 1 aliphatic heterocycles. The first-order valence-corrected chi connectivity index (χ1v) is 6.86. The van der Waals surface area contributed by atoms with Gasteiger partial charge >= 0.3 is 5.97 Å². The standard InChI is InChI=1S/C15H17N3O4/c1-2-22-14(20)10-18-9-13(19)12(15(18)21)8-16-17-11-6-4-3-5-7-11/h3-8,16-17H,2,9-10H2,1H3. The van der Waals surface area contributed by atoms with Crippen molar-refractivity contribution in [2.45, 2.75) is 6.92 Å². The monoisotopic (exact) mass is 303 g/mol. The van der Waals surface area contributed by atoms with E-state index in [0.717, 1.165) is 10.6 Å². The predicted molar refractivity (Wildman–Crippen MR) is 79.5 cm³/mol. The summed E-state index contributed by atoms with van der Waals surface area (Å²) in [5, 5.41) is 0. The first kappa shape index (κ1) is 15.6. The largest absolute Gasteiger partial charge is 0.465 e. The van der Waals surface area contributed by atoms with Gasteiger partial charge < -0.3 is 20.5 Å². The molecule has 1 fully saturated rings. The smallest absolute Gasteiger partial charge is 0.325 e. The number of carbonyl (C=O) groups excluding carboxylic acids is 3. The van der Waals surface area contributed by atoms with Crippen LogP contribution in [0.15, 0.2) is 42.1 Å². The van der Waals surface area contributed by atoms with Gasteiger partial charge in [0.15, 0.2) is 5.78 Å². The van der Waals surface area contributed by atoms with Gasteiger partial charge in [0.05, 0.1) is 18.8 Å². The summed E-state index contributed by atoms with van der Waals surface area (Å²) in [5.41, 5.74) is 6.35. The molecule has 116 valence electrons. The van der Waals surface area contributed by atoms with Crippen molar-refractivity contribution in [3.63, 3.8) is 0 Å². The highest BCUT2D eigenvalue weighted by Gasteiger charge is 2.34. The highest BCUT2D eigenvalue weighted by molar-refractivity contribution is 6.25. The lowest BCUT2D eigenvalue weighted by molar-refractivity contribution is -0.147. The third-order valence-electron chi connectivity index (χ3n) is 2.98. The van der Waals surface area contributed by atoms with Crippen molar-refractivity contribution in [1.29, 1.82) is 0 Å². The van der Waals surface area contributed by atoms with Gasteiger partial charge in [-0.05, 0) is 19.1 Å². The van der Waals surface area contributed by atoms with Crippen LogP contribution in [0.25, 0.3) is 0 Å². The van der Waals surface area contributed by atoms with E-state index in [1.54, 1.807) is 6.92 Å². The minimum absolute atomic E-state index is 0.00716. The van der Waals surface area contributed by atoms with Crippen LogP contribution in [0, 0.1) is 0 Å². The minimum Gasteiger partial charge on any atom is -0.465 e. The maximum absolute atomic E-state index is 12.1. The van der Waals surface area contributed by atoms with E-state index in [1.165, 1.54) is 6.20 Å². The highest BCUT2D eigenvalue weighted by atomic mass is 16.5. The second-order valence-corrected chi connectivity index (χ2v) is 4.58. The summed E-state index contributed by atoms with van der Waals surface area (Å²) >= 11 is 0. The van der Waals surface area contributed by atoms with Crippen LogP contribution in [0.5, 0.6) is 0 Å². The number of ether oxygens (including phenoxy) is 1. The molecule has 1 aromatic carbocycles. The Morgan fingerprint density at radius 1 is 1.32 bits per heavy atom. The summed E-state index contributed by atoms with van der Waals surface area (Å²) in [7, 11) is 0. The van der Waals surface area contributed by atoms with Crippen molar-refractivity contribution in [3.8, 4) is 0 Å². The van der Waals surface area contributed by atoms with Crippen LogP contribution in [0.1, 0.15) is 6.92 Å². The number of carbonyl (C=O) groups is 3. The van der Waals surface area contributed by atoms with E-state index in [2.05, 4.69) is 10.9 Å². The van der Waals surface area contributed by atoms with E-state index in [9.17, 15) is 14.4 Å². The average Bonchev–Trinajstić information content (AvgIpc) is 2.76. The zero-order chi connectivity index (χ0) is 15.9. The number of nitrogens with zero attached hydrogens (tertiary/aromatic N) is 1. The number of hydrogen-bond acceptors (Lipinski definition) is 6. The number of hydrazine groups is 1. The van der Waals surface area contributed by atoms with Gasteiger partial charge in [0, 0.05) is 6.20 Å². The number of amides is 1. The number of likely N-dealkylation sites (tertiary alicyclic amines) is 1. The Balaban J connectivity index is 1.93.